The van der Waals surface area contributed by atoms with E-state index in [1.54, 1.807) is 6.92 Å². The first-order chi connectivity index (χ1) is 7.73. The molecule has 4 heteroatoms. The van der Waals surface area contributed by atoms with Gasteiger partial charge in [-0.25, -0.2) is 4.79 Å². The molecular formula is C12H18O4. The number of aliphatic hydroxyl groups is 1. The van der Waals surface area contributed by atoms with Gasteiger partial charge in [-0.05, 0) is 38.0 Å². The van der Waals surface area contributed by atoms with Gasteiger partial charge in [0.2, 0.25) is 0 Å². The number of carbonyl (C=O) groups excluding carboxylic acids is 1. The van der Waals surface area contributed by atoms with Crippen LogP contribution in [0.4, 0.5) is 0 Å². The van der Waals surface area contributed by atoms with Crippen molar-refractivity contribution in [1.29, 1.82) is 0 Å². The fourth-order valence-electron chi connectivity index (χ4n) is 3.89. The van der Waals surface area contributed by atoms with E-state index in [2.05, 4.69) is 0 Å². The second kappa shape index (κ2) is 3.44. The summed E-state index contributed by atoms with van der Waals surface area (Å²) in [7, 11) is 0. The molecule has 4 bridgehead atoms. The lowest BCUT2D eigenvalue weighted by molar-refractivity contribution is -0.264. The van der Waals surface area contributed by atoms with Crippen LogP contribution >= 0.6 is 0 Å². The minimum Gasteiger partial charge on any atom is -0.464 e. The summed E-state index contributed by atoms with van der Waals surface area (Å²) in [5, 5.41) is 9.57. The van der Waals surface area contributed by atoms with Crippen molar-refractivity contribution in [1.82, 2.24) is 0 Å². The molecule has 0 aromatic rings. The largest absolute Gasteiger partial charge is 0.464 e. The van der Waals surface area contributed by atoms with E-state index in [0.717, 1.165) is 19.3 Å². The number of esters is 1. The Morgan fingerprint density at radius 3 is 3.00 bits per heavy atom. The highest BCUT2D eigenvalue weighted by atomic mass is 16.6. The van der Waals surface area contributed by atoms with Crippen LogP contribution in [0.3, 0.4) is 0 Å². The Kier molecular flexibility index (Phi) is 2.27. The molecule has 4 nitrogen and oxygen atoms in total. The topological polar surface area (TPSA) is 55.8 Å². The zero-order valence-electron chi connectivity index (χ0n) is 9.52. The number of hydrogen-bond donors (Lipinski definition) is 1. The van der Waals surface area contributed by atoms with Crippen LogP contribution in [0.5, 0.6) is 0 Å². The normalized spacial score (nSPS) is 48.6. The second-order valence-electron chi connectivity index (χ2n) is 5.17. The van der Waals surface area contributed by atoms with Gasteiger partial charge in [0.25, 0.3) is 0 Å². The lowest BCUT2D eigenvalue weighted by Crippen LogP contribution is -2.65. The third-order valence-corrected chi connectivity index (χ3v) is 4.68. The van der Waals surface area contributed by atoms with Crippen LogP contribution in [0.2, 0.25) is 0 Å². The molecule has 0 aromatic heterocycles. The highest BCUT2D eigenvalue weighted by molar-refractivity contribution is 5.81. The molecule has 1 N–H and O–H groups in total. The number of carbonyl (C=O) groups is 1. The Balaban J connectivity index is 1.88. The molecule has 4 aliphatic rings. The van der Waals surface area contributed by atoms with Gasteiger partial charge in [-0.3, -0.25) is 0 Å². The lowest BCUT2D eigenvalue weighted by atomic mass is 9.62. The molecule has 2 saturated carbocycles. The first kappa shape index (κ1) is 10.5. The monoisotopic (exact) mass is 226 g/mol. The summed E-state index contributed by atoms with van der Waals surface area (Å²) in [6.45, 7) is 1.88. The minimum absolute atomic E-state index is 0.173. The molecule has 4 fully saturated rings. The lowest BCUT2D eigenvalue weighted by Gasteiger charge is -2.55. The highest BCUT2D eigenvalue weighted by Gasteiger charge is 2.67. The summed E-state index contributed by atoms with van der Waals surface area (Å²) >= 11 is 0. The fraction of sp³-hybridized carbons (Fsp3) is 0.917. The third kappa shape index (κ3) is 1.09. The van der Waals surface area contributed by atoms with Crippen LogP contribution in [0, 0.1) is 17.8 Å². The zero-order chi connectivity index (χ0) is 11.3. The van der Waals surface area contributed by atoms with E-state index in [4.69, 9.17) is 9.47 Å². The minimum atomic E-state index is -1.05. The van der Waals surface area contributed by atoms with Crippen molar-refractivity contribution in [2.45, 2.75) is 37.9 Å². The van der Waals surface area contributed by atoms with Crippen LogP contribution in [0.25, 0.3) is 0 Å². The maximum atomic E-state index is 12.0. The predicted octanol–water partition coefficient (Wildman–Crippen LogP) is 0.725. The Labute approximate surface area is 94.9 Å². The molecule has 5 atom stereocenters. The van der Waals surface area contributed by atoms with Gasteiger partial charge in [0.05, 0.1) is 19.3 Å². The van der Waals surface area contributed by atoms with Gasteiger partial charge < -0.3 is 14.6 Å². The van der Waals surface area contributed by atoms with E-state index < -0.39 is 5.60 Å². The van der Waals surface area contributed by atoms with E-state index >= 15 is 0 Å². The number of rotatable bonds is 3. The van der Waals surface area contributed by atoms with Gasteiger partial charge in [-0.1, -0.05) is 0 Å². The molecule has 2 heterocycles. The molecule has 0 spiro atoms. The van der Waals surface area contributed by atoms with Crippen molar-refractivity contribution in [3.8, 4) is 0 Å². The number of aliphatic hydroxyl groups excluding tert-OH is 1. The number of fused-ring (bicyclic) bond motifs is 1. The number of hydrogen-bond acceptors (Lipinski definition) is 4. The van der Waals surface area contributed by atoms with Crippen molar-refractivity contribution in [3.05, 3.63) is 0 Å². The van der Waals surface area contributed by atoms with Gasteiger partial charge in [-0.2, -0.15) is 0 Å². The van der Waals surface area contributed by atoms with Crippen molar-refractivity contribution in [2.75, 3.05) is 13.2 Å². The molecule has 2 saturated heterocycles. The SMILES string of the molecule is CCOC(=O)C1(CO)OC2CC3C2CCC31. The maximum absolute atomic E-state index is 12.0. The summed E-state index contributed by atoms with van der Waals surface area (Å²) in [5.41, 5.74) is -1.05. The third-order valence-electron chi connectivity index (χ3n) is 4.68. The second-order valence-corrected chi connectivity index (χ2v) is 5.17. The van der Waals surface area contributed by atoms with Crippen LogP contribution in [-0.4, -0.2) is 36.0 Å². The van der Waals surface area contributed by atoms with E-state index in [1.807, 2.05) is 0 Å². The maximum Gasteiger partial charge on any atom is 0.341 e. The Morgan fingerprint density at radius 2 is 2.31 bits per heavy atom. The van der Waals surface area contributed by atoms with Crippen LogP contribution < -0.4 is 0 Å². The average Bonchev–Trinajstić information content (AvgIpc) is 2.54. The Morgan fingerprint density at radius 1 is 1.50 bits per heavy atom. The summed E-state index contributed by atoms with van der Waals surface area (Å²) in [4.78, 5) is 12.0. The van der Waals surface area contributed by atoms with Gasteiger partial charge in [0.15, 0.2) is 5.60 Å². The van der Waals surface area contributed by atoms with Crippen molar-refractivity contribution in [2.24, 2.45) is 17.8 Å². The molecule has 90 valence electrons. The Bertz CT molecular complexity index is 316. The summed E-state index contributed by atoms with van der Waals surface area (Å²) in [6, 6.07) is 0. The predicted molar refractivity (Wildman–Crippen MR) is 55.6 cm³/mol. The van der Waals surface area contributed by atoms with Crippen LogP contribution in [0.1, 0.15) is 26.2 Å². The van der Waals surface area contributed by atoms with Gasteiger partial charge in [0.1, 0.15) is 0 Å². The van der Waals surface area contributed by atoms with E-state index in [9.17, 15) is 9.90 Å². The Hall–Kier alpha value is -0.610. The molecule has 2 aliphatic carbocycles. The van der Waals surface area contributed by atoms with Crippen molar-refractivity contribution >= 4 is 5.97 Å². The van der Waals surface area contributed by atoms with E-state index in [0.29, 0.717) is 18.4 Å². The first-order valence-corrected chi connectivity index (χ1v) is 6.19. The van der Waals surface area contributed by atoms with Gasteiger partial charge in [-0.15, -0.1) is 0 Å². The van der Waals surface area contributed by atoms with E-state index in [-0.39, 0.29) is 24.6 Å². The molecule has 0 radical (unpaired) electrons. The molecule has 16 heavy (non-hydrogen) atoms. The van der Waals surface area contributed by atoms with Crippen LogP contribution in [0.15, 0.2) is 0 Å². The average molecular weight is 226 g/mol. The fourth-order valence-corrected chi connectivity index (χ4v) is 3.89. The van der Waals surface area contributed by atoms with Crippen LogP contribution in [-0.2, 0) is 14.3 Å². The first-order valence-electron chi connectivity index (χ1n) is 6.19. The van der Waals surface area contributed by atoms with Crippen molar-refractivity contribution < 1.29 is 19.4 Å². The number of ether oxygens (including phenoxy) is 2. The van der Waals surface area contributed by atoms with Crippen molar-refractivity contribution in [3.63, 3.8) is 0 Å². The highest BCUT2D eigenvalue weighted by Crippen LogP contribution is 2.61. The van der Waals surface area contributed by atoms with Gasteiger partial charge >= 0.3 is 5.97 Å². The van der Waals surface area contributed by atoms with Gasteiger partial charge in [0, 0.05) is 5.92 Å². The smallest absolute Gasteiger partial charge is 0.341 e. The summed E-state index contributed by atoms with van der Waals surface area (Å²) < 4.78 is 10.9. The van der Waals surface area contributed by atoms with E-state index in [1.165, 1.54) is 0 Å². The summed E-state index contributed by atoms with van der Waals surface area (Å²) in [6.07, 6.45) is 3.38. The molecule has 4 rings (SSSR count). The molecular weight excluding hydrogens is 208 g/mol. The quantitative estimate of drug-likeness (QED) is 0.721. The molecule has 0 amide bonds. The zero-order valence-corrected chi connectivity index (χ0v) is 9.52. The summed E-state index contributed by atoms with van der Waals surface area (Å²) in [5.74, 6) is 1.03. The molecule has 5 unspecified atom stereocenters. The molecule has 0 aromatic carbocycles. The standard InChI is InChI=1S/C12H18O4/c1-2-15-11(14)12(6-13)9-4-3-7-8(9)5-10(7)16-12/h7-10,13H,2-6H2,1H3. The molecule has 2 aliphatic heterocycles.